The third-order valence-corrected chi connectivity index (χ3v) is 7.71. The Morgan fingerprint density at radius 3 is 2.44 bits per heavy atom. The molecule has 0 saturated carbocycles. The average Bonchev–Trinajstić information content (AvgIpc) is 3.49. The molecule has 4 aromatic rings. The minimum absolute atomic E-state index is 0.241. The summed E-state index contributed by atoms with van der Waals surface area (Å²) in [7, 11) is 3.73. The zero-order valence-electron chi connectivity index (χ0n) is 20.8. The average molecular weight is 484 g/mol. The number of amides is 2. The normalized spacial score (nSPS) is 16.0. The molecule has 0 spiro atoms. The number of benzene rings is 3. The maximum absolute atomic E-state index is 13.8. The smallest absolute Gasteiger partial charge is 0.326 e. The van der Waals surface area contributed by atoms with E-state index in [0.29, 0.717) is 33.2 Å². The van der Waals surface area contributed by atoms with Crippen molar-refractivity contribution in [2.24, 2.45) is 7.05 Å². The molecule has 3 aromatic carbocycles. The number of rotatable bonds is 5. The van der Waals surface area contributed by atoms with Gasteiger partial charge in [0.1, 0.15) is 0 Å². The Labute approximate surface area is 208 Å². The van der Waals surface area contributed by atoms with Crippen LogP contribution in [0.15, 0.2) is 47.3 Å². The number of hydrogen-bond acceptors (Lipinski definition) is 5. The van der Waals surface area contributed by atoms with Crippen LogP contribution in [-0.2, 0) is 7.05 Å². The largest absolute Gasteiger partial charge is 0.373 e. The van der Waals surface area contributed by atoms with E-state index in [-0.39, 0.29) is 17.5 Å². The third kappa shape index (κ3) is 3.36. The molecule has 184 valence electrons. The van der Waals surface area contributed by atoms with Crippen molar-refractivity contribution in [1.29, 1.82) is 0 Å². The summed E-state index contributed by atoms with van der Waals surface area (Å²) in [4.78, 5) is 48.4. The van der Waals surface area contributed by atoms with Gasteiger partial charge in [-0.3, -0.25) is 14.2 Å². The maximum Gasteiger partial charge on any atom is 0.326 e. The summed E-state index contributed by atoms with van der Waals surface area (Å²) in [5, 5.41) is 1.62. The number of imide groups is 1. The molecule has 2 amide bonds. The number of fused-ring (bicyclic) bond motifs is 1. The molecule has 0 unspecified atom stereocenters. The van der Waals surface area contributed by atoms with Gasteiger partial charge < -0.3 is 14.8 Å². The number of carbonyl (C=O) groups excluding carboxylic acids is 2. The number of aromatic nitrogens is 2. The Bertz CT molecular complexity index is 1590. The van der Waals surface area contributed by atoms with Crippen molar-refractivity contribution in [3.05, 3.63) is 69.6 Å². The minimum atomic E-state index is -0.349. The number of likely N-dealkylation sites (tertiary alicyclic amines) is 1. The Morgan fingerprint density at radius 1 is 0.972 bits per heavy atom. The number of nitrogens with zero attached hydrogens (tertiary/aromatic N) is 4. The highest BCUT2D eigenvalue weighted by Gasteiger charge is 2.35. The number of likely N-dealkylation sites (N-methyl/N-ethyl adjacent to an activating group) is 1. The van der Waals surface area contributed by atoms with Crippen molar-refractivity contribution in [2.45, 2.75) is 19.8 Å². The summed E-state index contributed by atoms with van der Waals surface area (Å²) in [6.07, 6.45) is 2.52. The number of anilines is 2. The molecule has 1 fully saturated rings. The molecule has 0 atom stereocenters. The van der Waals surface area contributed by atoms with E-state index in [9.17, 15) is 14.4 Å². The fraction of sp³-hybridized carbons (Fsp3) is 0.321. The quantitative estimate of drug-likeness (QED) is 0.438. The van der Waals surface area contributed by atoms with Crippen LogP contribution in [0, 0.1) is 6.92 Å². The van der Waals surface area contributed by atoms with Gasteiger partial charge in [0.05, 0.1) is 16.7 Å². The molecule has 3 heterocycles. The summed E-state index contributed by atoms with van der Waals surface area (Å²) in [6.45, 7) is 6.02. The van der Waals surface area contributed by atoms with Crippen molar-refractivity contribution in [1.82, 2.24) is 14.5 Å². The van der Waals surface area contributed by atoms with Crippen LogP contribution in [0.4, 0.5) is 11.4 Å². The van der Waals surface area contributed by atoms with Gasteiger partial charge in [0.25, 0.3) is 11.8 Å². The number of H-pyrrole nitrogens is 1. The van der Waals surface area contributed by atoms with Crippen molar-refractivity contribution in [3.63, 3.8) is 0 Å². The zero-order valence-corrected chi connectivity index (χ0v) is 20.8. The van der Waals surface area contributed by atoms with Crippen LogP contribution in [-0.4, -0.2) is 59.5 Å². The predicted molar refractivity (Wildman–Crippen MR) is 142 cm³/mol. The topological polar surface area (TPSA) is 81.7 Å². The first kappa shape index (κ1) is 22.5. The molecule has 36 heavy (non-hydrogen) atoms. The molecule has 0 radical (unpaired) electrons. The lowest BCUT2D eigenvalue weighted by atomic mass is 9.92. The molecule has 1 aromatic heterocycles. The number of hydrogen-bond donors (Lipinski definition) is 1. The van der Waals surface area contributed by atoms with E-state index < -0.39 is 0 Å². The Hall–Kier alpha value is -3.91. The number of imidazole rings is 1. The van der Waals surface area contributed by atoms with Gasteiger partial charge in [0, 0.05) is 54.8 Å². The van der Waals surface area contributed by atoms with Gasteiger partial charge in [-0.05, 0) is 68.8 Å². The van der Waals surface area contributed by atoms with Gasteiger partial charge in [0.2, 0.25) is 0 Å². The van der Waals surface area contributed by atoms with E-state index in [4.69, 9.17) is 0 Å². The number of aromatic amines is 1. The monoisotopic (exact) mass is 483 g/mol. The summed E-state index contributed by atoms with van der Waals surface area (Å²) in [5.74, 6) is -0.698. The van der Waals surface area contributed by atoms with E-state index >= 15 is 0 Å². The third-order valence-electron chi connectivity index (χ3n) is 7.71. The van der Waals surface area contributed by atoms with Gasteiger partial charge in [-0.15, -0.1) is 0 Å². The highest BCUT2D eigenvalue weighted by Crippen LogP contribution is 2.38. The molecule has 2 aliphatic rings. The van der Waals surface area contributed by atoms with E-state index in [1.165, 1.54) is 22.3 Å². The van der Waals surface area contributed by atoms with E-state index in [0.717, 1.165) is 42.8 Å². The Balaban J connectivity index is 1.42. The molecular weight excluding hydrogens is 454 g/mol. The van der Waals surface area contributed by atoms with Crippen LogP contribution in [0.1, 0.15) is 39.1 Å². The summed E-state index contributed by atoms with van der Waals surface area (Å²) >= 11 is 0. The second kappa shape index (κ2) is 8.34. The molecule has 8 heteroatoms. The molecule has 0 bridgehead atoms. The standard InChI is InChI=1S/C28H29N5O3/c1-17-15-21-24(31(3)28(36)29-21)16-23(17)33-26(34)19-8-6-7-18-22(10-9-20(25(18)19)27(33)35)30(2)13-14-32-11-4-5-12-32/h6-10,15-16H,4-5,11-14H2,1-3H3,(H,29,36). The highest BCUT2D eigenvalue weighted by atomic mass is 16.2. The number of nitrogens with one attached hydrogen (secondary N) is 1. The minimum Gasteiger partial charge on any atom is -0.373 e. The van der Waals surface area contributed by atoms with Crippen LogP contribution in [0.5, 0.6) is 0 Å². The van der Waals surface area contributed by atoms with E-state index in [1.807, 2.05) is 31.2 Å². The first-order chi connectivity index (χ1) is 17.3. The first-order valence-electron chi connectivity index (χ1n) is 12.4. The number of aryl methyl sites for hydroxylation is 2. The molecular formula is C28H29N5O3. The molecule has 2 aliphatic heterocycles. The van der Waals surface area contributed by atoms with Gasteiger partial charge in [0.15, 0.2) is 0 Å². The highest BCUT2D eigenvalue weighted by molar-refractivity contribution is 6.36. The molecule has 6 rings (SSSR count). The van der Waals surface area contributed by atoms with E-state index in [2.05, 4.69) is 21.8 Å². The molecule has 0 aliphatic carbocycles. The summed E-state index contributed by atoms with van der Waals surface area (Å²) in [6, 6.07) is 13.1. The molecule has 8 nitrogen and oxygen atoms in total. The van der Waals surface area contributed by atoms with Gasteiger partial charge in [-0.25, -0.2) is 9.69 Å². The SMILES string of the molecule is Cc1cc2[nH]c(=O)n(C)c2cc1N1C(=O)c2cccc3c(N(C)CCN4CCCC4)ccc(c23)C1=O. The Morgan fingerprint density at radius 2 is 1.69 bits per heavy atom. The van der Waals surface area contributed by atoms with Crippen molar-refractivity contribution in [3.8, 4) is 0 Å². The van der Waals surface area contributed by atoms with Gasteiger partial charge in [-0.2, -0.15) is 0 Å². The van der Waals surface area contributed by atoms with Crippen LogP contribution < -0.4 is 15.5 Å². The fourth-order valence-electron chi connectivity index (χ4n) is 5.66. The lowest BCUT2D eigenvalue weighted by Gasteiger charge is -2.30. The molecule has 1 saturated heterocycles. The second-order valence-electron chi connectivity index (χ2n) is 9.92. The molecule has 1 N–H and O–H groups in total. The van der Waals surface area contributed by atoms with Crippen LogP contribution in [0.2, 0.25) is 0 Å². The van der Waals surface area contributed by atoms with Crippen LogP contribution in [0.3, 0.4) is 0 Å². The van der Waals surface area contributed by atoms with Crippen LogP contribution >= 0.6 is 0 Å². The summed E-state index contributed by atoms with van der Waals surface area (Å²) in [5.41, 5.74) is 4.34. The number of carbonyl (C=O) groups is 2. The predicted octanol–water partition coefficient (Wildman–Crippen LogP) is 3.66. The van der Waals surface area contributed by atoms with Crippen molar-refractivity contribution < 1.29 is 9.59 Å². The lowest BCUT2D eigenvalue weighted by molar-refractivity contribution is 0.0893. The maximum atomic E-state index is 13.8. The summed E-state index contributed by atoms with van der Waals surface area (Å²) < 4.78 is 1.48. The van der Waals surface area contributed by atoms with Crippen LogP contribution in [0.25, 0.3) is 21.8 Å². The lowest BCUT2D eigenvalue weighted by Crippen LogP contribution is -2.41. The Kier molecular flexibility index (Phi) is 5.22. The van der Waals surface area contributed by atoms with Gasteiger partial charge >= 0.3 is 5.69 Å². The first-order valence-corrected chi connectivity index (χ1v) is 12.4. The second-order valence-corrected chi connectivity index (χ2v) is 9.92. The zero-order chi connectivity index (χ0) is 25.1. The fourth-order valence-corrected chi connectivity index (χ4v) is 5.66. The van der Waals surface area contributed by atoms with Crippen molar-refractivity contribution >= 4 is 45.0 Å². The van der Waals surface area contributed by atoms with Crippen molar-refractivity contribution in [2.75, 3.05) is 43.0 Å². The van der Waals surface area contributed by atoms with Gasteiger partial charge in [-0.1, -0.05) is 12.1 Å². The van der Waals surface area contributed by atoms with E-state index in [1.54, 1.807) is 25.2 Å².